The summed E-state index contributed by atoms with van der Waals surface area (Å²) >= 11 is 0. The molecule has 1 aromatic heterocycles. The van der Waals surface area contributed by atoms with Gasteiger partial charge in [-0.15, -0.1) is 0 Å². The summed E-state index contributed by atoms with van der Waals surface area (Å²) in [6.07, 6.45) is 7.95. The Morgan fingerprint density at radius 2 is 1.70 bits per heavy atom. The van der Waals surface area contributed by atoms with E-state index < -0.39 is 0 Å². The molecule has 4 rings (SSSR count). The van der Waals surface area contributed by atoms with Crippen molar-refractivity contribution in [2.75, 3.05) is 10.6 Å². The van der Waals surface area contributed by atoms with Crippen LogP contribution in [-0.4, -0.2) is 21.9 Å². The van der Waals surface area contributed by atoms with Crippen molar-refractivity contribution < 1.29 is 4.79 Å². The van der Waals surface area contributed by atoms with E-state index in [2.05, 4.69) is 32.7 Å². The van der Waals surface area contributed by atoms with Gasteiger partial charge in [0.1, 0.15) is 12.1 Å². The van der Waals surface area contributed by atoms with Gasteiger partial charge < -0.3 is 10.6 Å². The third kappa shape index (κ3) is 4.08. The van der Waals surface area contributed by atoms with Crippen LogP contribution in [0.5, 0.6) is 0 Å². The van der Waals surface area contributed by atoms with Gasteiger partial charge >= 0.3 is 0 Å². The summed E-state index contributed by atoms with van der Waals surface area (Å²) in [7, 11) is 0. The standard InChI is InChI=1S/C22H24N4O/c1-15(27)25-19-10-7-16(8-11-19)17-9-12-21-20(13-17)22(24-14-23-21)26-18-5-3-2-4-6-18/h7-14,18H,2-6H2,1H3,(H,25,27)(H,23,24,26). The molecule has 1 heterocycles. The molecular formula is C22H24N4O. The molecule has 1 fully saturated rings. The van der Waals surface area contributed by atoms with Crippen LogP contribution in [0.15, 0.2) is 48.8 Å². The fourth-order valence-electron chi connectivity index (χ4n) is 3.74. The van der Waals surface area contributed by atoms with E-state index in [4.69, 9.17) is 0 Å². The number of carbonyl (C=O) groups excluding carboxylic acids is 1. The summed E-state index contributed by atoms with van der Waals surface area (Å²) < 4.78 is 0. The van der Waals surface area contributed by atoms with Gasteiger partial charge in [-0.2, -0.15) is 0 Å². The number of hydrogen-bond donors (Lipinski definition) is 2. The quantitative estimate of drug-likeness (QED) is 0.687. The molecule has 0 unspecified atom stereocenters. The average molecular weight is 360 g/mol. The minimum Gasteiger partial charge on any atom is -0.367 e. The van der Waals surface area contributed by atoms with E-state index in [1.54, 1.807) is 6.33 Å². The highest BCUT2D eigenvalue weighted by Gasteiger charge is 2.15. The van der Waals surface area contributed by atoms with Crippen molar-refractivity contribution in [3.05, 3.63) is 48.8 Å². The Hall–Kier alpha value is -2.95. The summed E-state index contributed by atoms with van der Waals surface area (Å²) in [6, 6.07) is 14.6. The van der Waals surface area contributed by atoms with Crippen molar-refractivity contribution in [1.82, 2.24) is 9.97 Å². The Morgan fingerprint density at radius 3 is 2.44 bits per heavy atom. The van der Waals surface area contributed by atoms with E-state index >= 15 is 0 Å². The molecule has 2 N–H and O–H groups in total. The number of benzene rings is 2. The molecule has 27 heavy (non-hydrogen) atoms. The maximum Gasteiger partial charge on any atom is 0.221 e. The molecule has 0 radical (unpaired) electrons. The molecule has 0 spiro atoms. The van der Waals surface area contributed by atoms with Gasteiger partial charge in [-0.25, -0.2) is 9.97 Å². The second kappa shape index (κ2) is 7.74. The normalized spacial score (nSPS) is 14.9. The van der Waals surface area contributed by atoms with Crippen molar-refractivity contribution in [2.24, 2.45) is 0 Å². The van der Waals surface area contributed by atoms with Gasteiger partial charge in [-0.3, -0.25) is 4.79 Å². The van der Waals surface area contributed by atoms with Gasteiger partial charge in [-0.1, -0.05) is 37.5 Å². The van der Waals surface area contributed by atoms with Crippen LogP contribution < -0.4 is 10.6 Å². The third-order valence-corrected chi connectivity index (χ3v) is 5.12. The lowest BCUT2D eigenvalue weighted by Gasteiger charge is -2.23. The third-order valence-electron chi connectivity index (χ3n) is 5.12. The van der Waals surface area contributed by atoms with E-state index in [1.165, 1.54) is 39.0 Å². The first-order valence-electron chi connectivity index (χ1n) is 9.58. The molecular weight excluding hydrogens is 336 g/mol. The molecule has 5 nitrogen and oxygen atoms in total. The summed E-state index contributed by atoms with van der Waals surface area (Å²) in [5.74, 6) is 0.854. The van der Waals surface area contributed by atoms with E-state index in [-0.39, 0.29) is 5.91 Å². The number of nitrogens with one attached hydrogen (secondary N) is 2. The number of amides is 1. The van der Waals surface area contributed by atoms with Crippen LogP contribution >= 0.6 is 0 Å². The van der Waals surface area contributed by atoms with Crippen LogP contribution in [0.4, 0.5) is 11.5 Å². The number of aromatic nitrogens is 2. The SMILES string of the molecule is CC(=O)Nc1ccc(-c2ccc3ncnc(NC4CCCCC4)c3c2)cc1. The molecule has 2 aromatic carbocycles. The largest absolute Gasteiger partial charge is 0.367 e. The van der Waals surface area contributed by atoms with Crippen molar-refractivity contribution in [3.8, 4) is 11.1 Å². The van der Waals surface area contributed by atoms with E-state index in [0.717, 1.165) is 33.5 Å². The molecule has 3 aromatic rings. The Labute approximate surface area is 159 Å². The molecule has 1 aliphatic carbocycles. The van der Waals surface area contributed by atoms with Gasteiger partial charge in [0.05, 0.1) is 5.52 Å². The van der Waals surface area contributed by atoms with Crippen LogP contribution in [0.1, 0.15) is 39.0 Å². The molecule has 0 aliphatic heterocycles. The monoisotopic (exact) mass is 360 g/mol. The van der Waals surface area contributed by atoms with Crippen LogP contribution in [0.2, 0.25) is 0 Å². The molecule has 1 amide bonds. The Kier molecular flexibility index (Phi) is 5.01. The molecule has 0 bridgehead atoms. The lowest BCUT2D eigenvalue weighted by atomic mass is 9.95. The second-order valence-corrected chi connectivity index (χ2v) is 7.19. The highest BCUT2D eigenvalue weighted by Crippen LogP contribution is 2.29. The van der Waals surface area contributed by atoms with E-state index in [0.29, 0.717) is 6.04 Å². The number of rotatable bonds is 4. The maximum atomic E-state index is 11.2. The minimum atomic E-state index is -0.0657. The fraction of sp³-hybridized carbons (Fsp3) is 0.318. The van der Waals surface area contributed by atoms with Gasteiger partial charge in [0.25, 0.3) is 0 Å². The van der Waals surface area contributed by atoms with Gasteiger partial charge in [-0.05, 0) is 48.2 Å². The summed E-state index contributed by atoms with van der Waals surface area (Å²) in [6.45, 7) is 1.51. The first-order valence-corrected chi connectivity index (χ1v) is 9.58. The van der Waals surface area contributed by atoms with E-state index in [1.807, 2.05) is 30.3 Å². The second-order valence-electron chi connectivity index (χ2n) is 7.19. The lowest BCUT2D eigenvalue weighted by Crippen LogP contribution is -2.23. The molecule has 5 heteroatoms. The molecule has 0 saturated heterocycles. The zero-order valence-electron chi connectivity index (χ0n) is 15.5. The van der Waals surface area contributed by atoms with Crippen molar-refractivity contribution in [1.29, 1.82) is 0 Å². The first-order chi connectivity index (χ1) is 13.2. The fourth-order valence-corrected chi connectivity index (χ4v) is 3.74. The molecule has 1 aliphatic rings. The number of anilines is 2. The number of fused-ring (bicyclic) bond motifs is 1. The number of carbonyl (C=O) groups is 1. The highest BCUT2D eigenvalue weighted by atomic mass is 16.1. The summed E-state index contributed by atoms with van der Waals surface area (Å²) in [5, 5.41) is 7.48. The number of nitrogens with zero attached hydrogens (tertiary/aromatic N) is 2. The van der Waals surface area contributed by atoms with Gasteiger partial charge in [0.2, 0.25) is 5.91 Å². The predicted octanol–water partition coefficient (Wildman–Crippen LogP) is 5.00. The predicted molar refractivity (Wildman–Crippen MR) is 110 cm³/mol. The lowest BCUT2D eigenvalue weighted by molar-refractivity contribution is -0.114. The average Bonchev–Trinajstić information content (AvgIpc) is 2.69. The minimum absolute atomic E-state index is 0.0657. The first kappa shape index (κ1) is 17.5. The van der Waals surface area contributed by atoms with Crippen molar-refractivity contribution in [2.45, 2.75) is 45.1 Å². The Bertz CT molecular complexity index is 946. The summed E-state index contributed by atoms with van der Waals surface area (Å²) in [5.41, 5.74) is 3.95. The Balaban J connectivity index is 1.64. The van der Waals surface area contributed by atoms with Crippen LogP contribution in [0.3, 0.4) is 0 Å². The number of hydrogen-bond acceptors (Lipinski definition) is 4. The van der Waals surface area contributed by atoms with E-state index in [9.17, 15) is 4.79 Å². The zero-order chi connectivity index (χ0) is 18.6. The molecule has 1 saturated carbocycles. The van der Waals surface area contributed by atoms with Gasteiger partial charge in [0.15, 0.2) is 0 Å². The Morgan fingerprint density at radius 1 is 0.963 bits per heavy atom. The van der Waals surface area contributed by atoms with Crippen LogP contribution in [0, 0.1) is 0 Å². The summed E-state index contributed by atoms with van der Waals surface area (Å²) in [4.78, 5) is 20.1. The van der Waals surface area contributed by atoms with Crippen molar-refractivity contribution in [3.63, 3.8) is 0 Å². The molecule has 138 valence electrons. The van der Waals surface area contributed by atoms with Crippen LogP contribution in [0.25, 0.3) is 22.0 Å². The topological polar surface area (TPSA) is 66.9 Å². The zero-order valence-corrected chi connectivity index (χ0v) is 15.5. The van der Waals surface area contributed by atoms with Crippen LogP contribution in [-0.2, 0) is 4.79 Å². The molecule has 0 atom stereocenters. The maximum absolute atomic E-state index is 11.2. The smallest absolute Gasteiger partial charge is 0.221 e. The highest BCUT2D eigenvalue weighted by molar-refractivity contribution is 5.93. The van der Waals surface area contributed by atoms with Gasteiger partial charge in [0, 0.05) is 24.0 Å². The van der Waals surface area contributed by atoms with Crippen molar-refractivity contribution >= 4 is 28.3 Å².